The molecule has 0 amide bonds. The molecular weight excluding hydrogens is 276 g/mol. The number of hydrogen-bond acceptors (Lipinski definition) is 2. The lowest BCUT2D eigenvalue weighted by atomic mass is 10.1. The third-order valence-electron chi connectivity index (χ3n) is 1.93. The predicted molar refractivity (Wildman–Crippen MR) is 57.0 cm³/mol. The minimum Gasteiger partial charge on any atom is -0.364 e. The normalized spacial score (nSPS) is 11.6. The van der Waals surface area contributed by atoms with Crippen LogP contribution in [0.15, 0.2) is 18.2 Å². The second-order valence-electron chi connectivity index (χ2n) is 3.56. The van der Waals surface area contributed by atoms with Crippen molar-refractivity contribution in [2.24, 2.45) is 0 Å². The van der Waals surface area contributed by atoms with Crippen LogP contribution in [0.2, 0.25) is 5.02 Å². The van der Waals surface area contributed by atoms with Gasteiger partial charge in [-0.3, -0.25) is 4.79 Å². The summed E-state index contributed by atoms with van der Waals surface area (Å²) in [6.45, 7) is -2.14. The Morgan fingerprint density at radius 1 is 1.33 bits per heavy atom. The van der Waals surface area contributed by atoms with Gasteiger partial charge < -0.3 is 4.74 Å². The average molecular weight is 285 g/mol. The van der Waals surface area contributed by atoms with Gasteiger partial charge in [0.15, 0.2) is 5.78 Å². The summed E-state index contributed by atoms with van der Waals surface area (Å²) in [5.41, 5.74) is 0.346. The molecule has 18 heavy (non-hydrogen) atoms. The quantitative estimate of drug-likeness (QED) is 0.776. The number of benzene rings is 1. The van der Waals surface area contributed by atoms with E-state index in [1.807, 2.05) is 0 Å². The molecule has 0 heterocycles. The highest BCUT2D eigenvalue weighted by Gasteiger charge is 2.27. The lowest BCUT2D eigenvalue weighted by Gasteiger charge is -2.07. The lowest BCUT2D eigenvalue weighted by molar-refractivity contribution is -0.175. The molecule has 0 saturated carbocycles. The molecule has 7 heteroatoms. The summed E-state index contributed by atoms with van der Waals surface area (Å²) in [5, 5.41) is 0.0548. The molecule has 0 aliphatic carbocycles. The Balaban J connectivity index is 2.45. The molecular formula is C11H9ClF4O2. The first kappa shape index (κ1) is 14.9. The zero-order valence-electron chi connectivity index (χ0n) is 9.06. The smallest absolute Gasteiger partial charge is 0.364 e. The SMILES string of the molecule is O=C(COCC(F)(F)F)Cc1ccc(F)cc1Cl. The van der Waals surface area contributed by atoms with Crippen LogP contribution in [-0.4, -0.2) is 25.2 Å². The maximum absolute atomic E-state index is 12.7. The second kappa shape index (κ2) is 6.15. The van der Waals surface area contributed by atoms with Gasteiger partial charge in [-0.25, -0.2) is 4.39 Å². The van der Waals surface area contributed by atoms with Gasteiger partial charge in [0, 0.05) is 11.4 Å². The second-order valence-corrected chi connectivity index (χ2v) is 3.97. The highest BCUT2D eigenvalue weighted by molar-refractivity contribution is 6.31. The summed E-state index contributed by atoms with van der Waals surface area (Å²) >= 11 is 5.67. The van der Waals surface area contributed by atoms with E-state index in [9.17, 15) is 22.4 Å². The van der Waals surface area contributed by atoms with Gasteiger partial charge in [-0.05, 0) is 17.7 Å². The monoisotopic (exact) mass is 284 g/mol. The minimum atomic E-state index is -4.46. The molecule has 0 aliphatic rings. The van der Waals surface area contributed by atoms with Crippen LogP contribution < -0.4 is 0 Å². The molecule has 1 aromatic rings. The maximum atomic E-state index is 12.7. The number of hydrogen-bond donors (Lipinski definition) is 0. The fraction of sp³-hybridized carbons (Fsp3) is 0.364. The average Bonchev–Trinajstić information content (AvgIpc) is 2.20. The highest BCUT2D eigenvalue weighted by atomic mass is 35.5. The molecule has 0 saturated heterocycles. The zero-order valence-corrected chi connectivity index (χ0v) is 9.82. The molecule has 0 spiro atoms. The van der Waals surface area contributed by atoms with Crippen molar-refractivity contribution in [2.45, 2.75) is 12.6 Å². The van der Waals surface area contributed by atoms with Gasteiger partial charge in [-0.15, -0.1) is 0 Å². The van der Waals surface area contributed by atoms with Crippen molar-refractivity contribution in [3.05, 3.63) is 34.6 Å². The van der Waals surface area contributed by atoms with Crippen LogP contribution in [-0.2, 0) is 16.0 Å². The summed E-state index contributed by atoms with van der Waals surface area (Å²) < 4.78 is 52.1. The number of halogens is 5. The van der Waals surface area contributed by atoms with Gasteiger partial charge in [-0.1, -0.05) is 17.7 Å². The van der Waals surface area contributed by atoms with Crippen molar-refractivity contribution < 1.29 is 27.1 Å². The molecule has 1 rings (SSSR count). The van der Waals surface area contributed by atoms with Gasteiger partial charge in [-0.2, -0.15) is 13.2 Å². The molecule has 0 bridgehead atoms. The van der Waals surface area contributed by atoms with Crippen molar-refractivity contribution in [1.82, 2.24) is 0 Å². The van der Waals surface area contributed by atoms with Crippen molar-refractivity contribution in [3.63, 3.8) is 0 Å². The van der Waals surface area contributed by atoms with E-state index in [0.29, 0.717) is 5.56 Å². The van der Waals surface area contributed by atoms with Gasteiger partial charge in [0.05, 0.1) is 0 Å². The van der Waals surface area contributed by atoms with Crippen molar-refractivity contribution >= 4 is 17.4 Å². The Hall–Kier alpha value is -1.14. The third kappa shape index (κ3) is 5.46. The standard InChI is InChI=1S/C11H9ClF4O2/c12-10-4-8(13)2-1-7(10)3-9(17)5-18-6-11(14,15)16/h1-2,4H,3,5-6H2. The van der Waals surface area contributed by atoms with E-state index in [2.05, 4.69) is 4.74 Å². The predicted octanol–water partition coefficient (Wildman–Crippen LogP) is 3.17. The number of carbonyl (C=O) groups excluding carboxylic acids is 1. The number of rotatable bonds is 5. The molecule has 0 fully saturated rings. The van der Waals surface area contributed by atoms with Crippen LogP contribution in [0.1, 0.15) is 5.56 Å². The zero-order chi connectivity index (χ0) is 13.8. The van der Waals surface area contributed by atoms with Gasteiger partial charge in [0.25, 0.3) is 0 Å². The van der Waals surface area contributed by atoms with Gasteiger partial charge in [0.2, 0.25) is 0 Å². The largest absolute Gasteiger partial charge is 0.411 e. The third-order valence-corrected chi connectivity index (χ3v) is 2.28. The van der Waals surface area contributed by atoms with Crippen molar-refractivity contribution in [2.75, 3.05) is 13.2 Å². The Bertz CT molecular complexity index is 432. The van der Waals surface area contributed by atoms with Crippen LogP contribution in [0.5, 0.6) is 0 Å². The first-order valence-corrected chi connectivity index (χ1v) is 5.26. The number of alkyl halides is 3. The lowest BCUT2D eigenvalue weighted by Crippen LogP contribution is -2.21. The Labute approximate surface area is 105 Å². The first-order chi connectivity index (χ1) is 8.28. The van der Waals surface area contributed by atoms with E-state index in [-0.39, 0.29) is 11.4 Å². The van der Waals surface area contributed by atoms with E-state index in [1.165, 1.54) is 6.07 Å². The van der Waals surface area contributed by atoms with Crippen LogP contribution in [0.3, 0.4) is 0 Å². The number of ether oxygens (including phenoxy) is 1. The molecule has 0 unspecified atom stereocenters. The van der Waals surface area contributed by atoms with E-state index < -0.39 is 31.0 Å². The number of ketones is 1. The van der Waals surface area contributed by atoms with Crippen molar-refractivity contribution in [3.8, 4) is 0 Å². The number of Topliss-reactive ketones (excluding diaryl/α,β-unsaturated/α-hetero) is 1. The topological polar surface area (TPSA) is 26.3 Å². The molecule has 100 valence electrons. The van der Waals surface area contributed by atoms with Crippen LogP contribution in [0.25, 0.3) is 0 Å². The highest BCUT2D eigenvalue weighted by Crippen LogP contribution is 2.18. The Morgan fingerprint density at radius 2 is 2.00 bits per heavy atom. The van der Waals surface area contributed by atoms with E-state index in [0.717, 1.165) is 12.1 Å². The molecule has 1 aromatic carbocycles. The summed E-state index contributed by atoms with van der Waals surface area (Å²) in [7, 11) is 0. The van der Waals surface area contributed by atoms with E-state index >= 15 is 0 Å². The molecule has 0 atom stereocenters. The molecule has 0 N–H and O–H groups in total. The fourth-order valence-electron chi connectivity index (χ4n) is 1.21. The van der Waals surface area contributed by atoms with E-state index in [1.54, 1.807) is 0 Å². The molecule has 0 aliphatic heterocycles. The van der Waals surface area contributed by atoms with Gasteiger partial charge in [0.1, 0.15) is 19.0 Å². The van der Waals surface area contributed by atoms with Crippen molar-refractivity contribution in [1.29, 1.82) is 0 Å². The first-order valence-electron chi connectivity index (χ1n) is 4.88. The summed E-state index contributed by atoms with van der Waals surface area (Å²) in [6, 6.07) is 3.45. The minimum absolute atomic E-state index is 0.0548. The van der Waals surface area contributed by atoms with Crippen LogP contribution >= 0.6 is 11.6 Å². The fourth-order valence-corrected chi connectivity index (χ4v) is 1.44. The summed E-state index contributed by atoms with van der Waals surface area (Å²) in [6.07, 6.45) is -4.66. The molecule has 2 nitrogen and oxygen atoms in total. The summed E-state index contributed by atoms with van der Waals surface area (Å²) in [4.78, 5) is 11.3. The van der Waals surface area contributed by atoms with Crippen LogP contribution in [0.4, 0.5) is 17.6 Å². The number of carbonyl (C=O) groups is 1. The molecule has 0 aromatic heterocycles. The van der Waals surface area contributed by atoms with E-state index in [4.69, 9.17) is 11.6 Å². The molecule has 0 radical (unpaired) electrons. The van der Waals surface area contributed by atoms with Gasteiger partial charge >= 0.3 is 6.18 Å². The Kier molecular flexibility index (Phi) is 5.10. The van der Waals surface area contributed by atoms with Crippen LogP contribution in [0, 0.1) is 5.82 Å². The maximum Gasteiger partial charge on any atom is 0.411 e. The summed E-state index contributed by atoms with van der Waals surface area (Å²) in [5.74, 6) is -1.11. The Morgan fingerprint density at radius 3 is 2.56 bits per heavy atom.